The number of aromatic nitrogens is 3. The Balaban J connectivity index is 1.23. The van der Waals surface area contributed by atoms with Gasteiger partial charge in [0.05, 0.1) is 11.6 Å². The molecule has 0 spiro atoms. The highest BCUT2D eigenvalue weighted by molar-refractivity contribution is 6.21. The van der Waals surface area contributed by atoms with E-state index in [2.05, 4.69) is 152 Å². The summed E-state index contributed by atoms with van der Waals surface area (Å²) in [6.07, 6.45) is 0. The smallest absolute Gasteiger partial charge is 0.164 e. The molecule has 0 saturated heterocycles. The molecule has 0 aliphatic heterocycles. The van der Waals surface area contributed by atoms with Crippen molar-refractivity contribution in [1.29, 1.82) is 5.26 Å². The molecule has 0 N–H and O–H groups in total. The molecular weight excluding hydrogens is 681 g/mol. The number of hydrogen-bond donors (Lipinski definition) is 0. The van der Waals surface area contributed by atoms with E-state index in [0.29, 0.717) is 23.0 Å². The summed E-state index contributed by atoms with van der Waals surface area (Å²) in [5, 5.41) is 16.5. The van der Waals surface area contributed by atoms with E-state index in [0.717, 1.165) is 50.1 Å². The van der Waals surface area contributed by atoms with Crippen molar-refractivity contribution >= 4 is 32.3 Å². The molecule has 0 saturated carbocycles. The fraction of sp³-hybridized carbons (Fsp3) is 0. The molecule has 10 aromatic rings. The monoisotopic (exact) mass is 712 g/mol. The maximum Gasteiger partial charge on any atom is 0.164 e. The largest absolute Gasteiger partial charge is 0.208 e. The average Bonchev–Trinajstić information content (AvgIpc) is 3.28. The molecule has 1 heterocycles. The van der Waals surface area contributed by atoms with Crippen LogP contribution in [0, 0.1) is 11.3 Å². The number of benzene rings is 9. The van der Waals surface area contributed by atoms with Crippen molar-refractivity contribution in [3.05, 3.63) is 200 Å². The fourth-order valence-corrected chi connectivity index (χ4v) is 7.88. The minimum atomic E-state index is 0.576. The van der Waals surface area contributed by atoms with Gasteiger partial charge in [0.15, 0.2) is 17.5 Å². The molecule has 1 aromatic heterocycles. The highest BCUT2D eigenvalue weighted by atomic mass is 15.0. The molecular formula is C52H32N4. The molecule has 0 unspecified atom stereocenters. The maximum atomic E-state index is 9.39. The fourth-order valence-electron chi connectivity index (χ4n) is 7.88. The molecule has 10 rings (SSSR count). The van der Waals surface area contributed by atoms with E-state index in [1.807, 2.05) is 48.5 Å². The van der Waals surface area contributed by atoms with Gasteiger partial charge in [-0.05, 0) is 90.0 Å². The van der Waals surface area contributed by atoms with Gasteiger partial charge in [-0.3, -0.25) is 0 Å². The number of nitrogens with zero attached hydrogens (tertiary/aromatic N) is 4. The van der Waals surface area contributed by atoms with E-state index in [1.165, 1.54) is 32.3 Å². The second-order valence-electron chi connectivity index (χ2n) is 13.9. The van der Waals surface area contributed by atoms with Crippen molar-refractivity contribution in [2.24, 2.45) is 0 Å². The van der Waals surface area contributed by atoms with Crippen molar-refractivity contribution in [2.45, 2.75) is 0 Å². The SMILES string of the molecule is N#Cc1ccc(-c2cccc(-c3nc(-c4ccccc4-c4ccccc4)nc(-c4ccccc4-c4c5ccccc5cc5c4ccc4ccccc45)n3)c2)cc1. The van der Waals surface area contributed by atoms with Crippen molar-refractivity contribution in [2.75, 3.05) is 0 Å². The Morgan fingerprint density at radius 2 is 0.893 bits per heavy atom. The summed E-state index contributed by atoms with van der Waals surface area (Å²) in [5.74, 6) is 1.76. The van der Waals surface area contributed by atoms with E-state index in [4.69, 9.17) is 15.0 Å². The van der Waals surface area contributed by atoms with Gasteiger partial charge in [0.25, 0.3) is 0 Å². The Morgan fingerprint density at radius 3 is 1.64 bits per heavy atom. The maximum absolute atomic E-state index is 9.39. The van der Waals surface area contributed by atoms with Gasteiger partial charge in [-0.25, -0.2) is 15.0 Å². The van der Waals surface area contributed by atoms with Gasteiger partial charge in [0, 0.05) is 16.7 Å². The summed E-state index contributed by atoms with van der Waals surface area (Å²) in [6.45, 7) is 0. The van der Waals surface area contributed by atoms with Gasteiger partial charge in [-0.2, -0.15) is 5.26 Å². The summed E-state index contributed by atoms with van der Waals surface area (Å²) in [6, 6.07) is 69.3. The molecule has 0 atom stereocenters. The first-order chi connectivity index (χ1) is 27.7. The Kier molecular flexibility index (Phi) is 8.17. The van der Waals surface area contributed by atoms with Crippen LogP contribution in [0.5, 0.6) is 0 Å². The number of nitriles is 1. The lowest BCUT2D eigenvalue weighted by atomic mass is 9.88. The molecule has 9 aromatic carbocycles. The highest BCUT2D eigenvalue weighted by Gasteiger charge is 2.20. The van der Waals surface area contributed by atoms with Gasteiger partial charge in [-0.15, -0.1) is 0 Å². The Bertz CT molecular complexity index is 3140. The molecule has 0 bridgehead atoms. The van der Waals surface area contributed by atoms with Crippen LogP contribution < -0.4 is 0 Å². The van der Waals surface area contributed by atoms with Crippen molar-refractivity contribution in [1.82, 2.24) is 15.0 Å². The molecule has 0 amide bonds. The zero-order valence-electron chi connectivity index (χ0n) is 30.3. The van der Waals surface area contributed by atoms with E-state index in [1.54, 1.807) is 0 Å². The quantitative estimate of drug-likeness (QED) is 0.127. The molecule has 0 radical (unpaired) electrons. The number of fused-ring (bicyclic) bond motifs is 4. The first-order valence-electron chi connectivity index (χ1n) is 18.7. The summed E-state index contributed by atoms with van der Waals surface area (Å²) in [4.78, 5) is 15.8. The zero-order chi connectivity index (χ0) is 37.4. The average molecular weight is 713 g/mol. The van der Waals surface area contributed by atoms with E-state index < -0.39 is 0 Å². The van der Waals surface area contributed by atoms with Crippen LogP contribution in [0.1, 0.15) is 5.56 Å². The van der Waals surface area contributed by atoms with Crippen LogP contribution in [0.25, 0.3) is 99.9 Å². The highest BCUT2D eigenvalue weighted by Crippen LogP contribution is 2.43. The Hall–Kier alpha value is -7.74. The van der Waals surface area contributed by atoms with Crippen LogP contribution in [0.2, 0.25) is 0 Å². The van der Waals surface area contributed by atoms with Crippen LogP contribution >= 0.6 is 0 Å². The summed E-state index contributed by atoms with van der Waals surface area (Å²) < 4.78 is 0. The summed E-state index contributed by atoms with van der Waals surface area (Å²) in [5.41, 5.74) is 9.69. The van der Waals surface area contributed by atoms with Crippen LogP contribution in [-0.2, 0) is 0 Å². The van der Waals surface area contributed by atoms with Gasteiger partial charge in [0.2, 0.25) is 0 Å². The topological polar surface area (TPSA) is 62.5 Å². The van der Waals surface area contributed by atoms with Crippen LogP contribution in [0.15, 0.2) is 194 Å². The summed E-state index contributed by atoms with van der Waals surface area (Å²) in [7, 11) is 0. The van der Waals surface area contributed by atoms with Gasteiger partial charge in [-0.1, -0.05) is 170 Å². The third-order valence-electron chi connectivity index (χ3n) is 10.6. The summed E-state index contributed by atoms with van der Waals surface area (Å²) >= 11 is 0. The second-order valence-corrected chi connectivity index (χ2v) is 13.9. The lowest BCUT2D eigenvalue weighted by Gasteiger charge is -2.17. The third kappa shape index (κ3) is 5.85. The zero-order valence-corrected chi connectivity index (χ0v) is 30.3. The van der Waals surface area contributed by atoms with Crippen LogP contribution in [0.4, 0.5) is 0 Å². The standard InChI is InChI=1S/C52H32N4/c53-33-34-25-27-35(28-26-34)38-17-12-18-40(31-38)50-54-51(46-23-10-8-19-41(46)36-13-2-1-3-14-36)56-52(55-50)47-24-11-9-22-44(47)49-43-21-7-5-16-39(43)32-48-42-20-6-4-15-37(42)29-30-45(48)49/h1-32H. The lowest BCUT2D eigenvalue weighted by Crippen LogP contribution is -2.02. The Morgan fingerprint density at radius 1 is 0.321 bits per heavy atom. The van der Waals surface area contributed by atoms with E-state index in [-0.39, 0.29) is 0 Å². The minimum Gasteiger partial charge on any atom is -0.208 e. The first-order valence-corrected chi connectivity index (χ1v) is 18.7. The molecule has 0 fully saturated rings. The van der Waals surface area contributed by atoms with E-state index >= 15 is 0 Å². The third-order valence-corrected chi connectivity index (χ3v) is 10.6. The molecule has 56 heavy (non-hydrogen) atoms. The van der Waals surface area contributed by atoms with Crippen LogP contribution in [-0.4, -0.2) is 15.0 Å². The lowest BCUT2D eigenvalue weighted by molar-refractivity contribution is 1.07. The van der Waals surface area contributed by atoms with Crippen molar-refractivity contribution in [3.63, 3.8) is 0 Å². The van der Waals surface area contributed by atoms with Gasteiger partial charge < -0.3 is 0 Å². The molecule has 0 aliphatic carbocycles. The van der Waals surface area contributed by atoms with Crippen molar-refractivity contribution in [3.8, 4) is 73.6 Å². The minimum absolute atomic E-state index is 0.576. The molecule has 260 valence electrons. The molecule has 4 heteroatoms. The molecule has 0 aliphatic rings. The van der Waals surface area contributed by atoms with Gasteiger partial charge >= 0.3 is 0 Å². The number of rotatable bonds is 6. The Labute approximate surface area is 324 Å². The normalized spacial score (nSPS) is 11.2. The van der Waals surface area contributed by atoms with Gasteiger partial charge in [0.1, 0.15) is 0 Å². The number of hydrogen-bond acceptors (Lipinski definition) is 4. The predicted octanol–water partition coefficient (Wildman–Crippen LogP) is 13.2. The molecule has 4 nitrogen and oxygen atoms in total. The first kappa shape index (κ1) is 32.9. The van der Waals surface area contributed by atoms with E-state index in [9.17, 15) is 5.26 Å². The van der Waals surface area contributed by atoms with Crippen LogP contribution in [0.3, 0.4) is 0 Å². The second kappa shape index (κ2) is 13.9. The predicted molar refractivity (Wildman–Crippen MR) is 230 cm³/mol. The van der Waals surface area contributed by atoms with Crippen molar-refractivity contribution < 1.29 is 0 Å².